The molecule has 0 aromatic rings. The van der Waals surface area contributed by atoms with Gasteiger partial charge in [-0.2, -0.15) is 0 Å². The minimum atomic E-state index is 0.365. The first-order valence-corrected chi connectivity index (χ1v) is 4.83. The Hall–Kier alpha value is -0.0800. The van der Waals surface area contributed by atoms with Crippen LogP contribution in [0, 0.1) is 5.41 Å². The Labute approximate surface area is 76.5 Å². The summed E-state index contributed by atoms with van der Waals surface area (Å²) in [5.41, 5.74) is 0.365. The van der Waals surface area contributed by atoms with Gasteiger partial charge in [-0.25, -0.2) is 0 Å². The zero-order valence-electron chi connectivity index (χ0n) is 9.09. The van der Waals surface area contributed by atoms with Crippen molar-refractivity contribution in [2.75, 3.05) is 27.2 Å². The Morgan fingerprint density at radius 1 is 1.00 bits per heavy atom. The average molecular weight is 170 g/mol. The Kier molecular flexibility index (Phi) is 2.79. The quantitative estimate of drug-likeness (QED) is 0.545. The maximum Gasteiger partial charge on any atom is 0.0667 e. The van der Waals surface area contributed by atoms with Gasteiger partial charge >= 0.3 is 0 Å². The monoisotopic (exact) mass is 170 g/mol. The molecule has 0 amide bonds. The second kappa shape index (κ2) is 3.35. The van der Waals surface area contributed by atoms with Gasteiger partial charge in [0, 0.05) is 13.1 Å². The molecular formula is C10H22N2. The van der Waals surface area contributed by atoms with Crippen molar-refractivity contribution < 1.29 is 0 Å². The summed E-state index contributed by atoms with van der Waals surface area (Å²) in [6, 6.07) is 0. The summed E-state index contributed by atoms with van der Waals surface area (Å²) in [6.45, 7) is 9.43. The lowest BCUT2D eigenvalue weighted by Crippen LogP contribution is -2.56. The van der Waals surface area contributed by atoms with E-state index in [4.69, 9.17) is 0 Å². The predicted octanol–water partition coefficient (Wildman–Crippen LogP) is 1.63. The van der Waals surface area contributed by atoms with Gasteiger partial charge in [0.15, 0.2) is 0 Å². The van der Waals surface area contributed by atoms with Crippen LogP contribution in [0.4, 0.5) is 0 Å². The van der Waals surface area contributed by atoms with E-state index in [1.807, 2.05) is 0 Å². The molecule has 0 aromatic carbocycles. The van der Waals surface area contributed by atoms with Crippen LogP contribution >= 0.6 is 0 Å². The van der Waals surface area contributed by atoms with Crippen molar-refractivity contribution in [1.82, 2.24) is 9.80 Å². The van der Waals surface area contributed by atoms with Crippen LogP contribution in [0.3, 0.4) is 0 Å². The molecule has 0 atom stereocenters. The molecule has 1 rings (SSSR count). The van der Waals surface area contributed by atoms with Crippen molar-refractivity contribution in [3.05, 3.63) is 0 Å². The Balaban J connectivity index is 2.69. The van der Waals surface area contributed by atoms with E-state index in [1.54, 1.807) is 0 Å². The van der Waals surface area contributed by atoms with E-state index in [0.29, 0.717) is 11.6 Å². The third-order valence-corrected chi connectivity index (χ3v) is 2.63. The lowest BCUT2D eigenvalue weighted by Gasteiger charge is -2.47. The zero-order valence-corrected chi connectivity index (χ0v) is 9.09. The standard InChI is InChI=1S/C10H22N2/c1-10(2,3)9-11(4)7-6-8-12(9)5/h9H,6-8H2,1-5H3. The molecule has 2 heteroatoms. The molecule has 0 radical (unpaired) electrons. The molecule has 0 unspecified atom stereocenters. The van der Waals surface area contributed by atoms with Gasteiger partial charge in [-0.3, -0.25) is 9.80 Å². The van der Waals surface area contributed by atoms with Crippen molar-refractivity contribution in [2.24, 2.45) is 5.41 Å². The fourth-order valence-corrected chi connectivity index (χ4v) is 2.47. The molecule has 2 nitrogen and oxygen atoms in total. The van der Waals surface area contributed by atoms with Gasteiger partial charge in [0.2, 0.25) is 0 Å². The highest BCUT2D eigenvalue weighted by Crippen LogP contribution is 2.28. The average Bonchev–Trinajstić information content (AvgIpc) is 1.82. The van der Waals surface area contributed by atoms with Crippen LogP contribution in [0.5, 0.6) is 0 Å². The number of nitrogens with zero attached hydrogens (tertiary/aromatic N) is 2. The lowest BCUT2D eigenvalue weighted by atomic mass is 9.89. The van der Waals surface area contributed by atoms with Gasteiger partial charge in [-0.15, -0.1) is 0 Å². The molecular weight excluding hydrogens is 148 g/mol. The van der Waals surface area contributed by atoms with E-state index in [9.17, 15) is 0 Å². The van der Waals surface area contributed by atoms with Crippen LogP contribution in [-0.4, -0.2) is 43.2 Å². The summed E-state index contributed by atoms with van der Waals surface area (Å²) >= 11 is 0. The molecule has 12 heavy (non-hydrogen) atoms. The summed E-state index contributed by atoms with van der Waals surface area (Å²) in [4.78, 5) is 4.92. The largest absolute Gasteiger partial charge is 0.290 e. The van der Waals surface area contributed by atoms with E-state index in [0.717, 1.165) is 0 Å². The number of rotatable bonds is 0. The van der Waals surface area contributed by atoms with Gasteiger partial charge in [0.1, 0.15) is 0 Å². The van der Waals surface area contributed by atoms with Crippen LogP contribution in [-0.2, 0) is 0 Å². The second-order valence-corrected chi connectivity index (χ2v) is 5.05. The molecule has 72 valence electrons. The summed E-state index contributed by atoms with van der Waals surface area (Å²) in [6.07, 6.45) is 1.91. The smallest absolute Gasteiger partial charge is 0.0667 e. The minimum Gasteiger partial charge on any atom is -0.290 e. The van der Waals surface area contributed by atoms with Gasteiger partial charge < -0.3 is 0 Å². The molecule has 0 bridgehead atoms. The minimum absolute atomic E-state index is 0.365. The molecule has 0 aromatic heterocycles. The SMILES string of the molecule is CN1CCCN(C)C1C(C)(C)C. The molecule has 1 fully saturated rings. The lowest BCUT2D eigenvalue weighted by molar-refractivity contribution is -0.0297. The fraction of sp³-hybridized carbons (Fsp3) is 1.00. The second-order valence-electron chi connectivity index (χ2n) is 5.05. The van der Waals surface area contributed by atoms with E-state index in [1.165, 1.54) is 19.5 Å². The highest BCUT2D eigenvalue weighted by molar-refractivity contribution is 4.83. The Morgan fingerprint density at radius 2 is 1.42 bits per heavy atom. The first-order chi connectivity index (χ1) is 5.43. The van der Waals surface area contributed by atoms with Crippen LogP contribution in [0.15, 0.2) is 0 Å². The zero-order chi connectivity index (χ0) is 9.35. The highest BCUT2D eigenvalue weighted by Gasteiger charge is 2.33. The molecule has 1 aliphatic rings. The van der Waals surface area contributed by atoms with Crippen molar-refractivity contribution in [1.29, 1.82) is 0 Å². The first kappa shape index (κ1) is 10.0. The molecule has 0 saturated carbocycles. The number of hydrogen-bond donors (Lipinski definition) is 0. The van der Waals surface area contributed by atoms with E-state index in [2.05, 4.69) is 44.7 Å². The summed E-state index contributed by atoms with van der Waals surface area (Å²) in [7, 11) is 4.46. The van der Waals surface area contributed by atoms with Crippen molar-refractivity contribution in [2.45, 2.75) is 33.4 Å². The van der Waals surface area contributed by atoms with Gasteiger partial charge in [0.05, 0.1) is 6.17 Å². The Morgan fingerprint density at radius 3 is 1.67 bits per heavy atom. The van der Waals surface area contributed by atoms with Crippen LogP contribution in [0.25, 0.3) is 0 Å². The first-order valence-electron chi connectivity index (χ1n) is 4.83. The number of hydrogen-bond acceptors (Lipinski definition) is 2. The van der Waals surface area contributed by atoms with Crippen molar-refractivity contribution in [3.63, 3.8) is 0 Å². The van der Waals surface area contributed by atoms with E-state index in [-0.39, 0.29) is 0 Å². The topological polar surface area (TPSA) is 6.48 Å². The van der Waals surface area contributed by atoms with Crippen LogP contribution < -0.4 is 0 Å². The van der Waals surface area contributed by atoms with Crippen molar-refractivity contribution >= 4 is 0 Å². The van der Waals surface area contributed by atoms with E-state index < -0.39 is 0 Å². The molecule has 0 N–H and O–H groups in total. The maximum absolute atomic E-state index is 2.46. The fourth-order valence-electron chi connectivity index (χ4n) is 2.47. The van der Waals surface area contributed by atoms with Crippen molar-refractivity contribution in [3.8, 4) is 0 Å². The summed E-state index contributed by atoms with van der Waals surface area (Å²) < 4.78 is 0. The normalized spacial score (nSPS) is 24.8. The molecule has 1 saturated heterocycles. The van der Waals surface area contributed by atoms with Gasteiger partial charge in [0.25, 0.3) is 0 Å². The van der Waals surface area contributed by atoms with Gasteiger partial charge in [-0.05, 0) is 25.9 Å². The molecule has 1 heterocycles. The summed E-state index contributed by atoms with van der Waals surface area (Å²) in [5.74, 6) is 0. The molecule has 0 aliphatic carbocycles. The highest BCUT2D eigenvalue weighted by atomic mass is 15.4. The Bertz CT molecular complexity index is 138. The third kappa shape index (κ3) is 1.99. The molecule has 0 spiro atoms. The predicted molar refractivity (Wildman–Crippen MR) is 53.1 cm³/mol. The van der Waals surface area contributed by atoms with Crippen LogP contribution in [0.1, 0.15) is 27.2 Å². The maximum atomic E-state index is 2.46. The van der Waals surface area contributed by atoms with Crippen LogP contribution in [0.2, 0.25) is 0 Å². The summed E-state index contributed by atoms with van der Waals surface area (Å²) in [5, 5.41) is 0. The van der Waals surface area contributed by atoms with E-state index >= 15 is 0 Å². The third-order valence-electron chi connectivity index (χ3n) is 2.63. The van der Waals surface area contributed by atoms with Gasteiger partial charge in [-0.1, -0.05) is 20.8 Å². The molecule has 1 aliphatic heterocycles.